The van der Waals surface area contributed by atoms with Crippen molar-refractivity contribution in [1.29, 1.82) is 5.41 Å². The molecule has 8 nitrogen and oxygen atoms in total. The van der Waals surface area contributed by atoms with Crippen molar-refractivity contribution in [3.8, 4) is 11.5 Å². The minimum Gasteiger partial charge on any atom is -0.508 e. The maximum absolute atomic E-state index is 12.7. The highest BCUT2D eigenvalue weighted by molar-refractivity contribution is 6.36. The van der Waals surface area contributed by atoms with Crippen molar-refractivity contribution in [2.45, 2.75) is 25.8 Å². The molecule has 1 amide bonds. The number of phenolic OH excluding ortho intramolecular Hbond substituents is 1. The molecule has 0 unspecified atom stereocenters. The second kappa shape index (κ2) is 10.4. The molecule has 0 aliphatic carbocycles. The number of carbonyl (C=O) groups is 1. The highest BCUT2D eigenvalue weighted by atomic mass is 16.5. The number of hydrogen-bond donors (Lipinski definition) is 5. The number of hydrogen-bond acceptors (Lipinski definition) is 5. The van der Waals surface area contributed by atoms with Crippen molar-refractivity contribution >= 4 is 25.2 Å². The number of nitrogens with two attached hydrogens (primary N) is 2. The molecule has 1 aliphatic rings. The molecule has 3 rings (SSSR count). The molecule has 9 heteroatoms. The van der Waals surface area contributed by atoms with Gasteiger partial charge in [-0.1, -0.05) is 29.8 Å². The lowest BCUT2D eigenvalue weighted by Gasteiger charge is -2.32. The monoisotopic (exact) mass is 437 g/mol. The third kappa shape index (κ3) is 5.94. The van der Waals surface area contributed by atoms with Crippen LogP contribution >= 0.6 is 0 Å². The van der Waals surface area contributed by atoms with E-state index in [1.807, 2.05) is 36.1 Å². The zero-order chi connectivity index (χ0) is 23.3. The number of carbonyl (C=O) groups excluding carboxylic acids is 1. The van der Waals surface area contributed by atoms with E-state index in [1.165, 1.54) is 6.07 Å². The summed E-state index contributed by atoms with van der Waals surface area (Å²) >= 11 is 0. The van der Waals surface area contributed by atoms with Gasteiger partial charge in [0.2, 0.25) is 0 Å². The van der Waals surface area contributed by atoms with Gasteiger partial charge in [-0.25, -0.2) is 0 Å². The van der Waals surface area contributed by atoms with E-state index >= 15 is 0 Å². The summed E-state index contributed by atoms with van der Waals surface area (Å²) in [5.74, 6) is 0.606. The Morgan fingerprint density at radius 1 is 1.31 bits per heavy atom. The number of likely N-dealkylation sites (tertiary alicyclic amines) is 1. The summed E-state index contributed by atoms with van der Waals surface area (Å²) in [5, 5.41) is 20.8. The molecular weight excluding hydrogens is 405 g/mol. The van der Waals surface area contributed by atoms with Crippen molar-refractivity contribution in [3.63, 3.8) is 0 Å². The molecule has 0 saturated carbocycles. The first kappa shape index (κ1) is 23.5. The molecule has 1 fully saturated rings. The van der Waals surface area contributed by atoms with Crippen molar-refractivity contribution in [2.24, 2.45) is 17.4 Å². The van der Waals surface area contributed by atoms with Crippen LogP contribution in [0.4, 0.5) is 0 Å². The Balaban J connectivity index is 1.58. The molecule has 32 heavy (non-hydrogen) atoms. The van der Waals surface area contributed by atoms with Crippen molar-refractivity contribution < 1.29 is 14.6 Å². The first-order valence-electron chi connectivity index (χ1n) is 10.9. The van der Waals surface area contributed by atoms with Crippen LogP contribution in [-0.4, -0.2) is 56.0 Å². The van der Waals surface area contributed by atoms with Crippen LogP contribution in [0.25, 0.3) is 0 Å². The summed E-state index contributed by atoms with van der Waals surface area (Å²) < 4.78 is 5.88. The number of benzene rings is 2. The predicted molar refractivity (Wildman–Crippen MR) is 128 cm³/mol. The molecule has 1 saturated heterocycles. The third-order valence-corrected chi connectivity index (χ3v) is 6.03. The number of rotatable bonds is 7. The van der Waals surface area contributed by atoms with Gasteiger partial charge in [0.25, 0.3) is 5.91 Å². The number of amides is 1. The van der Waals surface area contributed by atoms with E-state index < -0.39 is 0 Å². The summed E-state index contributed by atoms with van der Waals surface area (Å²) in [5.41, 5.74) is 14.8. The Labute approximate surface area is 189 Å². The molecule has 1 aliphatic heterocycles. The highest BCUT2D eigenvalue weighted by Gasteiger charge is 2.21. The fourth-order valence-electron chi connectivity index (χ4n) is 3.76. The topological polar surface area (TPSA) is 138 Å². The fraction of sp³-hybridized carbons (Fsp3) is 0.391. The molecule has 0 radical (unpaired) electrons. The quantitative estimate of drug-likeness (QED) is 0.241. The van der Waals surface area contributed by atoms with Crippen LogP contribution in [0.15, 0.2) is 36.4 Å². The predicted octanol–water partition coefficient (Wildman–Crippen LogP) is 0.373. The van der Waals surface area contributed by atoms with Crippen molar-refractivity contribution in [3.05, 3.63) is 53.1 Å². The summed E-state index contributed by atoms with van der Waals surface area (Å²) in [6, 6.07) is 10.7. The lowest BCUT2D eigenvalue weighted by molar-refractivity contribution is 0.0940. The normalized spacial score (nSPS) is 15.2. The molecule has 7 N–H and O–H groups in total. The first-order chi connectivity index (χ1) is 15.2. The van der Waals surface area contributed by atoms with Gasteiger partial charge in [0.1, 0.15) is 26.0 Å². The van der Waals surface area contributed by atoms with Crippen LogP contribution < -0.4 is 27.0 Å². The zero-order valence-corrected chi connectivity index (χ0v) is 18.7. The Bertz CT molecular complexity index is 959. The van der Waals surface area contributed by atoms with E-state index in [0.29, 0.717) is 29.2 Å². The van der Waals surface area contributed by atoms with Gasteiger partial charge in [-0.15, -0.1) is 0 Å². The molecule has 2 aromatic rings. The van der Waals surface area contributed by atoms with Gasteiger partial charge in [-0.3, -0.25) is 10.2 Å². The summed E-state index contributed by atoms with van der Waals surface area (Å²) in [7, 11) is 1.74. The maximum Gasteiger partial charge on any atom is 0.251 e. The Morgan fingerprint density at radius 2 is 1.97 bits per heavy atom. The molecular formula is C23H32BN5O3. The van der Waals surface area contributed by atoms with Gasteiger partial charge >= 0.3 is 0 Å². The standard InChI is InChI=1S/C23H32BN5O3/c1-14-2-4-16(5-3-14)18(25)13-32-20-11-17(10-19(30)21(20)24)22(31)28-12-15-6-8-29(9-7-15)23(26)27/h2-5,10-11,15,18,30H,6-9,12-13,24-25H2,1H3,(H3,26,27)(H,28,31)/t18-/m1/s1. The van der Waals surface area contributed by atoms with Gasteiger partial charge in [0.05, 0.1) is 6.04 Å². The number of nitrogens with zero attached hydrogens (tertiary/aromatic N) is 1. The zero-order valence-electron chi connectivity index (χ0n) is 18.7. The smallest absolute Gasteiger partial charge is 0.251 e. The van der Waals surface area contributed by atoms with Gasteiger partial charge in [0.15, 0.2) is 5.96 Å². The maximum atomic E-state index is 12.7. The molecule has 1 atom stereocenters. The minimum atomic E-state index is -0.324. The fourth-order valence-corrected chi connectivity index (χ4v) is 3.76. The number of piperidine rings is 1. The van der Waals surface area contributed by atoms with Gasteiger partial charge in [0, 0.05) is 25.2 Å². The molecule has 0 spiro atoms. The third-order valence-electron chi connectivity index (χ3n) is 6.03. The van der Waals surface area contributed by atoms with Crippen LogP contribution in [-0.2, 0) is 0 Å². The van der Waals surface area contributed by atoms with E-state index in [2.05, 4.69) is 5.32 Å². The Kier molecular flexibility index (Phi) is 7.64. The molecule has 0 bridgehead atoms. The second-order valence-corrected chi connectivity index (χ2v) is 8.47. The van der Waals surface area contributed by atoms with E-state index in [-0.39, 0.29) is 30.3 Å². The van der Waals surface area contributed by atoms with E-state index in [4.69, 9.17) is 21.6 Å². The molecule has 2 aromatic carbocycles. The van der Waals surface area contributed by atoms with Gasteiger partial charge in [-0.2, -0.15) is 0 Å². The number of guanidine groups is 1. The van der Waals surface area contributed by atoms with Crippen LogP contribution in [0, 0.1) is 18.3 Å². The summed E-state index contributed by atoms with van der Waals surface area (Å²) in [6.45, 7) is 4.22. The van der Waals surface area contributed by atoms with Gasteiger partial charge in [-0.05, 0) is 48.8 Å². The van der Waals surface area contributed by atoms with Crippen molar-refractivity contribution in [1.82, 2.24) is 10.2 Å². The number of aromatic hydroxyl groups is 1. The Morgan fingerprint density at radius 3 is 2.59 bits per heavy atom. The van der Waals surface area contributed by atoms with E-state index in [9.17, 15) is 9.90 Å². The van der Waals surface area contributed by atoms with Crippen molar-refractivity contribution in [2.75, 3.05) is 26.2 Å². The Hall–Kier alpha value is -3.20. The largest absolute Gasteiger partial charge is 0.508 e. The summed E-state index contributed by atoms with van der Waals surface area (Å²) in [4.78, 5) is 14.5. The average molecular weight is 437 g/mol. The minimum absolute atomic E-state index is 0.00586. The summed E-state index contributed by atoms with van der Waals surface area (Å²) in [6.07, 6.45) is 1.73. The van der Waals surface area contributed by atoms with Gasteiger partial charge < -0.3 is 31.5 Å². The van der Waals surface area contributed by atoms with E-state index in [0.717, 1.165) is 37.1 Å². The first-order valence-corrected chi connectivity index (χ1v) is 10.9. The molecule has 170 valence electrons. The number of ether oxygens (including phenoxy) is 1. The van der Waals surface area contributed by atoms with Crippen LogP contribution in [0.1, 0.15) is 40.4 Å². The van der Waals surface area contributed by atoms with Crippen LogP contribution in [0.5, 0.6) is 11.5 Å². The lowest BCUT2D eigenvalue weighted by Crippen LogP contribution is -2.44. The van der Waals surface area contributed by atoms with Crippen LogP contribution in [0.3, 0.4) is 0 Å². The van der Waals surface area contributed by atoms with E-state index in [1.54, 1.807) is 13.9 Å². The molecule has 0 aromatic heterocycles. The van der Waals surface area contributed by atoms with Crippen LogP contribution in [0.2, 0.25) is 0 Å². The molecule has 1 heterocycles. The lowest BCUT2D eigenvalue weighted by atomic mass is 9.92. The number of phenols is 1. The number of aryl methyl sites for hydroxylation is 1. The average Bonchev–Trinajstić information content (AvgIpc) is 2.78. The number of nitrogens with one attached hydrogen (secondary N) is 2. The SMILES string of the molecule is Bc1c(O)cc(C(=O)NCC2CCN(C(=N)N)CC2)cc1OC[C@@H](N)c1ccc(C)cc1. The second-order valence-electron chi connectivity index (χ2n) is 8.47. The highest BCUT2D eigenvalue weighted by Crippen LogP contribution is 2.21.